The van der Waals surface area contributed by atoms with Crippen molar-refractivity contribution in [3.63, 3.8) is 0 Å². The second kappa shape index (κ2) is 6.75. The Morgan fingerprint density at radius 1 is 1.19 bits per heavy atom. The molecule has 21 heavy (non-hydrogen) atoms. The summed E-state index contributed by atoms with van der Waals surface area (Å²) in [6.45, 7) is -0.297. The molecular weight excluding hydrogens is 295 g/mol. The lowest BCUT2D eigenvalue weighted by molar-refractivity contribution is 0.278. The van der Waals surface area contributed by atoms with Crippen molar-refractivity contribution in [3.8, 4) is 0 Å². The minimum atomic E-state index is -3.86. The number of hydrogen-bond donors (Lipinski definition) is 2. The van der Waals surface area contributed by atoms with Crippen molar-refractivity contribution in [1.82, 2.24) is 9.71 Å². The van der Waals surface area contributed by atoms with E-state index in [0.29, 0.717) is 6.42 Å². The van der Waals surface area contributed by atoms with Gasteiger partial charge in [0.15, 0.2) is 0 Å². The van der Waals surface area contributed by atoms with Gasteiger partial charge in [-0.2, -0.15) is 0 Å². The second-order valence-corrected chi connectivity index (χ2v) is 6.15. The maximum atomic E-state index is 13.2. The highest BCUT2D eigenvalue weighted by Crippen LogP contribution is 2.17. The van der Waals surface area contributed by atoms with E-state index in [0.717, 1.165) is 17.7 Å². The SMILES string of the molecule is O=S(=O)(NCCc1ccncc1)c1cc(F)ccc1CO. The number of sulfonamides is 1. The summed E-state index contributed by atoms with van der Waals surface area (Å²) in [7, 11) is -3.86. The number of aromatic nitrogens is 1. The smallest absolute Gasteiger partial charge is 0.241 e. The van der Waals surface area contributed by atoms with Gasteiger partial charge >= 0.3 is 0 Å². The molecule has 2 N–H and O–H groups in total. The highest BCUT2D eigenvalue weighted by atomic mass is 32.2. The van der Waals surface area contributed by atoms with Crippen LogP contribution in [0.4, 0.5) is 4.39 Å². The van der Waals surface area contributed by atoms with Crippen molar-refractivity contribution in [3.05, 3.63) is 59.7 Å². The number of rotatable bonds is 6. The number of aliphatic hydroxyl groups is 1. The molecule has 0 fully saturated rings. The quantitative estimate of drug-likeness (QED) is 0.841. The maximum absolute atomic E-state index is 13.2. The predicted octanol–water partition coefficient (Wildman–Crippen LogP) is 1.23. The Morgan fingerprint density at radius 2 is 1.90 bits per heavy atom. The lowest BCUT2D eigenvalue weighted by Gasteiger charge is -2.10. The van der Waals surface area contributed by atoms with E-state index >= 15 is 0 Å². The normalized spacial score (nSPS) is 11.5. The van der Waals surface area contributed by atoms with Crippen LogP contribution in [0, 0.1) is 5.82 Å². The van der Waals surface area contributed by atoms with Gasteiger partial charge in [0.25, 0.3) is 0 Å². The molecule has 0 saturated carbocycles. The van der Waals surface area contributed by atoms with Gasteiger partial charge in [-0.1, -0.05) is 6.07 Å². The van der Waals surface area contributed by atoms with Crippen molar-refractivity contribution in [2.75, 3.05) is 6.54 Å². The zero-order valence-corrected chi connectivity index (χ0v) is 12.0. The number of nitrogens with one attached hydrogen (secondary N) is 1. The molecule has 1 heterocycles. The Bertz CT molecular complexity index is 705. The van der Waals surface area contributed by atoms with E-state index in [1.807, 2.05) is 0 Å². The summed E-state index contributed by atoms with van der Waals surface area (Å²) in [5.41, 5.74) is 1.10. The van der Waals surface area contributed by atoms with Gasteiger partial charge in [-0.3, -0.25) is 4.98 Å². The van der Waals surface area contributed by atoms with Crippen molar-refractivity contribution < 1.29 is 17.9 Å². The Morgan fingerprint density at radius 3 is 2.57 bits per heavy atom. The molecule has 0 spiro atoms. The standard InChI is InChI=1S/C14H15FN2O3S/c15-13-2-1-12(10-18)14(9-13)21(19,20)17-8-5-11-3-6-16-7-4-11/h1-4,6-7,9,17-18H,5,8,10H2. The van der Waals surface area contributed by atoms with Crippen LogP contribution in [0.3, 0.4) is 0 Å². The summed E-state index contributed by atoms with van der Waals surface area (Å²) in [5.74, 6) is -0.665. The van der Waals surface area contributed by atoms with Gasteiger partial charge in [-0.25, -0.2) is 17.5 Å². The van der Waals surface area contributed by atoms with Crippen LogP contribution in [0.1, 0.15) is 11.1 Å². The number of pyridine rings is 1. The van der Waals surface area contributed by atoms with Crippen LogP contribution in [-0.2, 0) is 23.1 Å². The molecule has 0 aliphatic rings. The monoisotopic (exact) mass is 310 g/mol. The van der Waals surface area contributed by atoms with Crippen LogP contribution < -0.4 is 4.72 Å². The van der Waals surface area contributed by atoms with Crippen LogP contribution in [0.5, 0.6) is 0 Å². The summed E-state index contributed by atoms with van der Waals surface area (Å²) in [6, 6.07) is 6.85. The minimum Gasteiger partial charge on any atom is -0.392 e. The first-order chi connectivity index (χ1) is 10.0. The van der Waals surface area contributed by atoms with Gasteiger partial charge in [-0.05, 0) is 41.8 Å². The first-order valence-electron chi connectivity index (χ1n) is 6.31. The van der Waals surface area contributed by atoms with Crippen molar-refractivity contribution in [2.45, 2.75) is 17.9 Å². The molecule has 0 unspecified atom stereocenters. The number of hydrogen-bond acceptors (Lipinski definition) is 4. The van der Waals surface area contributed by atoms with Crippen LogP contribution in [0.2, 0.25) is 0 Å². The van der Waals surface area contributed by atoms with E-state index in [1.165, 1.54) is 6.07 Å². The molecule has 0 amide bonds. The Hall–Kier alpha value is -1.83. The molecule has 0 aliphatic heterocycles. The number of halogens is 1. The van der Waals surface area contributed by atoms with Gasteiger partial charge in [0.2, 0.25) is 10.0 Å². The topological polar surface area (TPSA) is 79.3 Å². The maximum Gasteiger partial charge on any atom is 0.241 e. The second-order valence-electron chi connectivity index (χ2n) is 4.41. The third-order valence-corrected chi connectivity index (χ3v) is 4.49. The molecule has 0 radical (unpaired) electrons. The van der Waals surface area contributed by atoms with E-state index in [-0.39, 0.29) is 17.0 Å². The zero-order valence-electron chi connectivity index (χ0n) is 11.2. The first-order valence-corrected chi connectivity index (χ1v) is 7.79. The molecule has 2 rings (SSSR count). The fourth-order valence-corrected chi connectivity index (χ4v) is 3.14. The number of nitrogens with zero attached hydrogens (tertiary/aromatic N) is 1. The van der Waals surface area contributed by atoms with Crippen LogP contribution in [-0.4, -0.2) is 25.1 Å². The van der Waals surface area contributed by atoms with Crippen LogP contribution in [0.15, 0.2) is 47.6 Å². The first kappa shape index (κ1) is 15.6. The summed E-state index contributed by atoms with van der Waals surface area (Å²) in [6.07, 6.45) is 3.74. The van der Waals surface area contributed by atoms with Crippen LogP contribution in [0.25, 0.3) is 0 Å². The van der Waals surface area contributed by atoms with Crippen LogP contribution >= 0.6 is 0 Å². The fraction of sp³-hybridized carbons (Fsp3) is 0.214. The molecule has 5 nitrogen and oxygen atoms in total. The fourth-order valence-electron chi connectivity index (χ4n) is 1.87. The molecule has 0 saturated heterocycles. The minimum absolute atomic E-state index is 0.160. The van der Waals surface area contributed by atoms with Gasteiger partial charge in [-0.15, -0.1) is 0 Å². The van der Waals surface area contributed by atoms with Gasteiger partial charge in [0.1, 0.15) is 5.82 Å². The summed E-state index contributed by atoms with van der Waals surface area (Å²) < 4.78 is 39.9. The molecule has 0 aliphatic carbocycles. The van der Waals surface area contributed by atoms with E-state index < -0.39 is 22.4 Å². The van der Waals surface area contributed by atoms with E-state index in [4.69, 9.17) is 5.11 Å². The summed E-state index contributed by atoms with van der Waals surface area (Å²) in [5, 5.41) is 9.15. The zero-order chi connectivity index (χ0) is 15.3. The molecule has 7 heteroatoms. The number of benzene rings is 1. The summed E-state index contributed by atoms with van der Waals surface area (Å²) >= 11 is 0. The van der Waals surface area contributed by atoms with Gasteiger partial charge in [0.05, 0.1) is 11.5 Å². The van der Waals surface area contributed by atoms with Crippen molar-refractivity contribution in [1.29, 1.82) is 0 Å². The third kappa shape index (κ3) is 4.07. The average molecular weight is 310 g/mol. The van der Waals surface area contributed by atoms with Gasteiger partial charge < -0.3 is 5.11 Å². The third-order valence-electron chi connectivity index (χ3n) is 2.94. The Balaban J connectivity index is 2.10. The Labute approximate surface area is 122 Å². The summed E-state index contributed by atoms with van der Waals surface area (Å²) in [4.78, 5) is 3.64. The molecule has 1 aromatic heterocycles. The highest BCUT2D eigenvalue weighted by Gasteiger charge is 2.18. The van der Waals surface area contributed by atoms with E-state index in [2.05, 4.69) is 9.71 Å². The highest BCUT2D eigenvalue weighted by molar-refractivity contribution is 7.89. The van der Waals surface area contributed by atoms with E-state index in [9.17, 15) is 12.8 Å². The predicted molar refractivity (Wildman–Crippen MR) is 75.5 cm³/mol. The number of aliphatic hydroxyl groups excluding tert-OH is 1. The average Bonchev–Trinajstić information content (AvgIpc) is 2.48. The lowest BCUT2D eigenvalue weighted by atomic mass is 10.2. The van der Waals surface area contributed by atoms with E-state index in [1.54, 1.807) is 24.5 Å². The van der Waals surface area contributed by atoms with Crippen molar-refractivity contribution in [2.24, 2.45) is 0 Å². The molecular formula is C14H15FN2O3S. The largest absolute Gasteiger partial charge is 0.392 e. The molecule has 1 aromatic carbocycles. The lowest BCUT2D eigenvalue weighted by Crippen LogP contribution is -2.27. The van der Waals surface area contributed by atoms with Gasteiger partial charge in [0, 0.05) is 18.9 Å². The molecule has 0 bridgehead atoms. The molecule has 112 valence electrons. The van der Waals surface area contributed by atoms with Crippen molar-refractivity contribution >= 4 is 10.0 Å². The molecule has 0 atom stereocenters. The Kier molecular flexibility index (Phi) is 5.00. The molecule has 2 aromatic rings.